The third kappa shape index (κ3) is 4.33. The number of urea groups is 1. The van der Waals surface area contributed by atoms with Crippen LogP contribution in [-0.4, -0.2) is 73.9 Å². The van der Waals surface area contributed by atoms with Crippen molar-refractivity contribution >= 4 is 27.4 Å². The van der Waals surface area contributed by atoms with E-state index in [1.807, 2.05) is 11.8 Å². The largest absolute Gasteiger partial charge is 0.364 e. The molecule has 0 bridgehead atoms. The normalized spacial score (nSPS) is 25.5. The highest BCUT2D eigenvalue weighted by molar-refractivity contribution is 7.89. The number of rotatable bonds is 5. The van der Waals surface area contributed by atoms with Gasteiger partial charge in [-0.25, -0.2) is 13.2 Å². The van der Waals surface area contributed by atoms with Crippen molar-refractivity contribution in [1.82, 2.24) is 14.5 Å². The molecule has 0 spiro atoms. The number of carbonyl (C=O) groups is 1. The van der Waals surface area contributed by atoms with E-state index >= 15 is 0 Å². The van der Waals surface area contributed by atoms with Crippen molar-refractivity contribution in [2.75, 3.05) is 44.2 Å². The van der Waals surface area contributed by atoms with Crippen molar-refractivity contribution in [2.45, 2.75) is 43.5 Å². The van der Waals surface area contributed by atoms with Crippen LogP contribution in [0.15, 0.2) is 23.1 Å². The number of nitro groups is 1. The molecule has 1 N–H and O–H groups in total. The van der Waals surface area contributed by atoms with E-state index in [0.717, 1.165) is 25.7 Å². The molecule has 3 aliphatic heterocycles. The Labute approximate surface area is 182 Å². The van der Waals surface area contributed by atoms with Gasteiger partial charge in [0, 0.05) is 45.3 Å². The van der Waals surface area contributed by atoms with Gasteiger partial charge in [-0.1, -0.05) is 6.92 Å². The molecule has 11 heteroatoms. The smallest absolute Gasteiger partial charge is 0.317 e. The Kier molecular flexibility index (Phi) is 6.07. The van der Waals surface area contributed by atoms with Crippen LogP contribution in [0.2, 0.25) is 0 Å². The number of nitro benzene ring substituents is 1. The van der Waals surface area contributed by atoms with Gasteiger partial charge in [0.1, 0.15) is 5.69 Å². The number of amides is 2. The first-order valence-electron chi connectivity index (χ1n) is 10.9. The van der Waals surface area contributed by atoms with Gasteiger partial charge >= 0.3 is 6.03 Å². The molecular formula is C20H29N5O5S. The fraction of sp³-hybridized carbons (Fsp3) is 0.650. The first-order chi connectivity index (χ1) is 14.8. The van der Waals surface area contributed by atoms with Crippen LogP contribution in [-0.2, 0) is 10.0 Å². The van der Waals surface area contributed by atoms with E-state index in [0.29, 0.717) is 45.0 Å². The number of anilines is 1. The van der Waals surface area contributed by atoms with Gasteiger partial charge < -0.3 is 15.1 Å². The highest BCUT2D eigenvalue weighted by Gasteiger charge is 2.35. The summed E-state index contributed by atoms with van der Waals surface area (Å²) in [5.74, 6) is 0.269. The highest BCUT2D eigenvalue weighted by atomic mass is 32.2. The Bertz CT molecular complexity index is 969. The molecule has 0 radical (unpaired) electrons. The maximum absolute atomic E-state index is 13.1. The van der Waals surface area contributed by atoms with Gasteiger partial charge in [0.25, 0.3) is 5.69 Å². The van der Waals surface area contributed by atoms with Gasteiger partial charge in [0.05, 0.1) is 15.9 Å². The Morgan fingerprint density at radius 3 is 2.58 bits per heavy atom. The molecule has 31 heavy (non-hydrogen) atoms. The van der Waals surface area contributed by atoms with E-state index in [9.17, 15) is 23.3 Å². The Balaban J connectivity index is 1.60. The predicted molar refractivity (Wildman–Crippen MR) is 116 cm³/mol. The number of hydrogen-bond acceptors (Lipinski definition) is 6. The Morgan fingerprint density at radius 1 is 1.13 bits per heavy atom. The predicted octanol–water partition coefficient (Wildman–Crippen LogP) is 2.01. The molecule has 3 fully saturated rings. The van der Waals surface area contributed by atoms with E-state index in [-0.39, 0.29) is 28.6 Å². The summed E-state index contributed by atoms with van der Waals surface area (Å²) in [5.41, 5.74) is 0.193. The summed E-state index contributed by atoms with van der Waals surface area (Å²) in [6.07, 6.45) is 3.42. The van der Waals surface area contributed by atoms with E-state index in [1.54, 1.807) is 11.0 Å². The van der Waals surface area contributed by atoms with Crippen LogP contribution in [0.1, 0.15) is 32.6 Å². The average Bonchev–Trinajstić information content (AvgIpc) is 3.19. The van der Waals surface area contributed by atoms with Gasteiger partial charge in [-0.2, -0.15) is 4.31 Å². The molecular weight excluding hydrogens is 422 g/mol. The second-order valence-corrected chi connectivity index (χ2v) is 10.6. The maximum Gasteiger partial charge on any atom is 0.317 e. The third-order valence-electron chi connectivity index (χ3n) is 6.47. The van der Waals surface area contributed by atoms with Crippen LogP contribution < -0.4 is 10.2 Å². The zero-order chi connectivity index (χ0) is 22.2. The van der Waals surface area contributed by atoms with Gasteiger partial charge in [-0.05, 0) is 43.7 Å². The first-order valence-corrected chi connectivity index (χ1v) is 12.3. The summed E-state index contributed by atoms with van der Waals surface area (Å²) >= 11 is 0. The van der Waals surface area contributed by atoms with Crippen LogP contribution in [0.5, 0.6) is 0 Å². The molecule has 3 saturated heterocycles. The second-order valence-electron chi connectivity index (χ2n) is 8.69. The molecule has 2 amide bonds. The lowest BCUT2D eigenvalue weighted by Crippen LogP contribution is -2.49. The summed E-state index contributed by atoms with van der Waals surface area (Å²) in [7, 11) is -3.78. The number of carbonyl (C=O) groups excluding carboxylic acids is 1. The molecule has 2 atom stereocenters. The molecule has 0 aliphatic carbocycles. The lowest BCUT2D eigenvalue weighted by Gasteiger charge is -2.38. The van der Waals surface area contributed by atoms with Crippen LogP contribution in [0, 0.1) is 16.0 Å². The van der Waals surface area contributed by atoms with Gasteiger partial charge in [0.2, 0.25) is 10.0 Å². The van der Waals surface area contributed by atoms with Crippen LogP contribution in [0.4, 0.5) is 16.2 Å². The standard InChI is InChI=1S/C20H29N5O5S/c1-15-4-2-10-23(13-15)31(29,30)17-6-7-18(19(12-17)25(27)28)22-9-3-5-16(14-22)24-11-8-21-20(24)26/h6-7,12,15-16H,2-5,8-11,13-14H2,1H3,(H,21,26)/t15-,16-/m0/s1. The number of nitrogens with one attached hydrogen (secondary N) is 1. The SMILES string of the molecule is C[C@H]1CCCN(S(=O)(=O)c2ccc(N3CCC[C@H](N4CCNC4=O)C3)c([N+](=O)[O-])c2)C1. The number of hydrogen-bond donors (Lipinski definition) is 1. The van der Waals surface area contributed by atoms with E-state index in [4.69, 9.17) is 0 Å². The topological polar surface area (TPSA) is 116 Å². The number of benzene rings is 1. The Morgan fingerprint density at radius 2 is 1.90 bits per heavy atom. The number of sulfonamides is 1. The fourth-order valence-corrected chi connectivity index (χ4v) is 6.47. The van der Waals surface area contributed by atoms with Gasteiger partial charge in [-0.3, -0.25) is 10.1 Å². The summed E-state index contributed by atoms with van der Waals surface area (Å²) in [6.45, 7) is 5.24. The van der Waals surface area contributed by atoms with Crippen LogP contribution in [0.3, 0.4) is 0 Å². The van der Waals surface area contributed by atoms with Crippen LogP contribution >= 0.6 is 0 Å². The van der Waals surface area contributed by atoms with Crippen molar-refractivity contribution < 1.29 is 18.1 Å². The monoisotopic (exact) mass is 451 g/mol. The fourth-order valence-electron chi connectivity index (χ4n) is 4.85. The van der Waals surface area contributed by atoms with Crippen molar-refractivity contribution in [3.05, 3.63) is 28.3 Å². The van der Waals surface area contributed by atoms with Crippen molar-refractivity contribution in [1.29, 1.82) is 0 Å². The van der Waals surface area contributed by atoms with Crippen molar-refractivity contribution in [3.63, 3.8) is 0 Å². The van der Waals surface area contributed by atoms with Crippen molar-refractivity contribution in [3.8, 4) is 0 Å². The van der Waals surface area contributed by atoms with Crippen LogP contribution in [0.25, 0.3) is 0 Å². The molecule has 0 aromatic heterocycles. The minimum atomic E-state index is -3.78. The lowest BCUT2D eigenvalue weighted by atomic mass is 10.0. The zero-order valence-corrected chi connectivity index (χ0v) is 18.5. The van der Waals surface area contributed by atoms with Crippen molar-refractivity contribution in [2.24, 2.45) is 5.92 Å². The van der Waals surface area contributed by atoms with E-state index in [1.165, 1.54) is 16.4 Å². The van der Waals surface area contributed by atoms with E-state index < -0.39 is 14.9 Å². The molecule has 3 heterocycles. The molecule has 0 unspecified atom stereocenters. The molecule has 1 aromatic rings. The van der Waals surface area contributed by atoms with Gasteiger partial charge in [0.15, 0.2) is 0 Å². The Hall–Kier alpha value is -2.40. The number of piperidine rings is 2. The molecule has 10 nitrogen and oxygen atoms in total. The minimum absolute atomic E-state index is 0.0194. The molecule has 0 saturated carbocycles. The lowest BCUT2D eigenvalue weighted by molar-refractivity contribution is -0.384. The van der Waals surface area contributed by atoms with Gasteiger partial charge in [-0.15, -0.1) is 0 Å². The summed E-state index contributed by atoms with van der Waals surface area (Å²) in [6, 6.07) is 4.09. The molecule has 170 valence electrons. The molecule has 4 rings (SSSR count). The summed E-state index contributed by atoms with van der Waals surface area (Å²) < 4.78 is 27.6. The number of nitrogens with zero attached hydrogens (tertiary/aromatic N) is 4. The minimum Gasteiger partial charge on any atom is -0.364 e. The average molecular weight is 452 g/mol. The third-order valence-corrected chi connectivity index (χ3v) is 8.33. The first kappa shape index (κ1) is 21.8. The zero-order valence-electron chi connectivity index (χ0n) is 17.7. The molecule has 1 aromatic carbocycles. The summed E-state index contributed by atoms with van der Waals surface area (Å²) in [5, 5.41) is 14.7. The quantitative estimate of drug-likeness (QED) is 0.541. The second kappa shape index (κ2) is 8.62. The highest BCUT2D eigenvalue weighted by Crippen LogP contribution is 2.35. The molecule has 3 aliphatic rings. The maximum atomic E-state index is 13.1. The van der Waals surface area contributed by atoms with E-state index in [2.05, 4.69) is 5.32 Å². The summed E-state index contributed by atoms with van der Waals surface area (Å²) in [4.78, 5) is 27.0.